The molecule has 0 atom stereocenters. The molecule has 17 heavy (non-hydrogen) atoms. The number of nitrogens with zero attached hydrogens (tertiary/aromatic N) is 1. The maximum atomic E-state index is 13.6. The van der Waals surface area contributed by atoms with E-state index in [0.717, 1.165) is 6.92 Å². The second kappa shape index (κ2) is 4.32. The number of H-pyrrole nitrogens is 1. The number of hydrogen-bond acceptors (Lipinski definition) is 1. The van der Waals surface area contributed by atoms with Crippen LogP contribution in [-0.2, 0) is 5.92 Å². The first-order valence-electron chi connectivity index (χ1n) is 4.78. The van der Waals surface area contributed by atoms with E-state index in [2.05, 4.69) is 10.2 Å². The molecule has 2 rings (SSSR count). The summed E-state index contributed by atoms with van der Waals surface area (Å²) in [6.45, 7) is 0.751. The van der Waals surface area contributed by atoms with Gasteiger partial charge in [-0.05, 0) is 28.7 Å². The molecular weight excluding hydrogens is 344 g/mol. The van der Waals surface area contributed by atoms with Crippen LogP contribution >= 0.6 is 22.6 Å². The highest BCUT2D eigenvalue weighted by Gasteiger charge is 2.32. The summed E-state index contributed by atoms with van der Waals surface area (Å²) in [5.41, 5.74) is -0.120. The minimum absolute atomic E-state index is 0.121. The van der Waals surface area contributed by atoms with Gasteiger partial charge in [0.1, 0.15) is 15.2 Å². The van der Waals surface area contributed by atoms with Crippen molar-refractivity contribution in [2.75, 3.05) is 0 Å². The summed E-state index contributed by atoms with van der Waals surface area (Å²) in [7, 11) is 0. The van der Waals surface area contributed by atoms with Crippen molar-refractivity contribution in [3.05, 3.63) is 39.5 Å². The summed E-state index contributed by atoms with van der Waals surface area (Å²) in [5.74, 6) is -3.63. The number of benzene rings is 1. The highest BCUT2D eigenvalue weighted by atomic mass is 127. The van der Waals surface area contributed by atoms with E-state index in [1.54, 1.807) is 28.7 Å². The molecule has 0 aliphatic rings. The highest BCUT2D eigenvalue weighted by molar-refractivity contribution is 14.1. The van der Waals surface area contributed by atoms with Gasteiger partial charge in [-0.1, -0.05) is 18.2 Å². The predicted octanol–water partition coefficient (Wildman–Crippen LogP) is 3.93. The SMILES string of the molecule is CC(F)(F)c1[nH]nc(I)c1-c1ccccc1F. The van der Waals surface area contributed by atoms with Gasteiger partial charge in [0.15, 0.2) is 0 Å². The number of aromatic nitrogens is 2. The monoisotopic (exact) mass is 352 g/mol. The number of halogens is 4. The zero-order chi connectivity index (χ0) is 12.6. The third kappa shape index (κ3) is 2.31. The lowest BCUT2D eigenvalue weighted by molar-refractivity contribution is 0.0133. The quantitative estimate of drug-likeness (QED) is 0.816. The first kappa shape index (κ1) is 12.4. The minimum atomic E-state index is -3.09. The maximum absolute atomic E-state index is 13.6. The van der Waals surface area contributed by atoms with Gasteiger partial charge in [0.2, 0.25) is 0 Å². The van der Waals surface area contributed by atoms with E-state index >= 15 is 0 Å². The smallest absolute Gasteiger partial charge is 0.275 e. The van der Waals surface area contributed by atoms with E-state index in [1.165, 1.54) is 18.2 Å². The molecule has 90 valence electrons. The molecule has 1 heterocycles. The van der Waals surface area contributed by atoms with Gasteiger partial charge < -0.3 is 0 Å². The molecule has 1 aromatic heterocycles. The minimum Gasteiger partial charge on any atom is -0.275 e. The van der Waals surface area contributed by atoms with Gasteiger partial charge in [-0.2, -0.15) is 13.9 Å². The summed E-state index contributed by atoms with van der Waals surface area (Å²) in [5, 5.41) is 5.98. The van der Waals surface area contributed by atoms with Crippen molar-refractivity contribution in [3.63, 3.8) is 0 Å². The first-order chi connectivity index (χ1) is 7.91. The van der Waals surface area contributed by atoms with Gasteiger partial charge in [-0.15, -0.1) is 0 Å². The molecule has 0 saturated carbocycles. The topological polar surface area (TPSA) is 28.7 Å². The number of nitrogens with one attached hydrogen (secondary N) is 1. The van der Waals surface area contributed by atoms with Crippen LogP contribution in [0.15, 0.2) is 24.3 Å². The molecule has 0 spiro atoms. The second-order valence-corrected chi connectivity index (χ2v) is 4.65. The Bertz CT molecular complexity index is 546. The number of aromatic amines is 1. The van der Waals surface area contributed by atoms with Crippen LogP contribution in [0.5, 0.6) is 0 Å². The predicted molar refractivity (Wildman–Crippen MR) is 66.3 cm³/mol. The van der Waals surface area contributed by atoms with Gasteiger partial charge in [0.05, 0.1) is 0 Å². The van der Waals surface area contributed by atoms with Crippen LogP contribution in [0.1, 0.15) is 12.6 Å². The Kier molecular flexibility index (Phi) is 3.15. The van der Waals surface area contributed by atoms with Crippen molar-refractivity contribution in [2.45, 2.75) is 12.8 Å². The summed E-state index contributed by atoms with van der Waals surface area (Å²) in [4.78, 5) is 0. The van der Waals surface area contributed by atoms with Gasteiger partial charge in [-0.3, -0.25) is 5.10 Å². The Morgan fingerprint density at radius 1 is 1.29 bits per heavy atom. The summed E-state index contributed by atoms with van der Waals surface area (Å²) < 4.78 is 40.6. The van der Waals surface area contributed by atoms with E-state index in [9.17, 15) is 13.2 Å². The molecule has 0 unspecified atom stereocenters. The summed E-state index contributed by atoms with van der Waals surface area (Å²) in [6, 6.07) is 5.79. The average molecular weight is 352 g/mol. The molecule has 0 saturated heterocycles. The van der Waals surface area contributed by atoms with Crippen LogP contribution in [0.2, 0.25) is 0 Å². The lowest BCUT2D eigenvalue weighted by atomic mass is 10.0. The summed E-state index contributed by atoms with van der Waals surface area (Å²) >= 11 is 1.80. The molecule has 6 heteroatoms. The fourth-order valence-electron chi connectivity index (χ4n) is 1.55. The third-order valence-electron chi connectivity index (χ3n) is 2.30. The Labute approximate surface area is 109 Å². The van der Waals surface area contributed by atoms with Crippen LogP contribution in [0.3, 0.4) is 0 Å². The lowest BCUT2D eigenvalue weighted by Gasteiger charge is -2.11. The molecule has 1 aromatic carbocycles. The Morgan fingerprint density at radius 3 is 2.53 bits per heavy atom. The molecule has 0 aliphatic heterocycles. The fourth-order valence-corrected chi connectivity index (χ4v) is 2.23. The molecule has 1 N–H and O–H groups in total. The van der Waals surface area contributed by atoms with E-state index in [4.69, 9.17) is 0 Å². The van der Waals surface area contributed by atoms with E-state index < -0.39 is 11.7 Å². The molecule has 2 nitrogen and oxygen atoms in total. The van der Waals surface area contributed by atoms with Crippen molar-refractivity contribution in [3.8, 4) is 11.1 Å². The van der Waals surface area contributed by atoms with Gasteiger partial charge in [0.25, 0.3) is 5.92 Å². The van der Waals surface area contributed by atoms with Crippen molar-refractivity contribution in [1.29, 1.82) is 0 Å². The molecular formula is C11H8F3IN2. The zero-order valence-corrected chi connectivity index (χ0v) is 10.9. The van der Waals surface area contributed by atoms with Gasteiger partial charge >= 0.3 is 0 Å². The van der Waals surface area contributed by atoms with Gasteiger partial charge in [-0.25, -0.2) is 4.39 Å². The maximum Gasteiger partial charge on any atom is 0.287 e. The largest absolute Gasteiger partial charge is 0.287 e. The van der Waals surface area contributed by atoms with Crippen LogP contribution in [0.25, 0.3) is 11.1 Å². The van der Waals surface area contributed by atoms with Crippen molar-refractivity contribution >= 4 is 22.6 Å². The Hall–Kier alpha value is -1.05. The lowest BCUT2D eigenvalue weighted by Crippen LogP contribution is -2.09. The molecule has 0 fully saturated rings. The second-order valence-electron chi connectivity index (χ2n) is 3.63. The standard InChI is InChI=1S/C11H8F3IN2/c1-11(13,14)9-8(10(15)17-16-9)6-4-2-3-5-7(6)12/h2-5H,1H3,(H,16,17). The number of rotatable bonds is 2. The fraction of sp³-hybridized carbons (Fsp3) is 0.182. The van der Waals surface area contributed by atoms with Crippen molar-refractivity contribution in [1.82, 2.24) is 10.2 Å². The van der Waals surface area contributed by atoms with Crippen LogP contribution < -0.4 is 0 Å². The summed E-state index contributed by atoms with van der Waals surface area (Å²) in [6.07, 6.45) is 0. The molecule has 2 aromatic rings. The van der Waals surface area contributed by atoms with E-state index in [0.29, 0.717) is 3.70 Å². The molecule has 0 amide bonds. The highest BCUT2D eigenvalue weighted by Crippen LogP contribution is 2.37. The average Bonchev–Trinajstić information content (AvgIpc) is 2.60. The van der Waals surface area contributed by atoms with Crippen molar-refractivity contribution < 1.29 is 13.2 Å². The molecule has 0 radical (unpaired) electrons. The molecule has 0 aliphatic carbocycles. The Morgan fingerprint density at radius 2 is 1.94 bits per heavy atom. The number of alkyl halides is 2. The third-order valence-corrected chi connectivity index (χ3v) is 3.08. The molecule has 0 bridgehead atoms. The van der Waals surface area contributed by atoms with Gasteiger partial charge in [0, 0.05) is 18.1 Å². The Balaban J connectivity index is 2.68. The zero-order valence-electron chi connectivity index (χ0n) is 8.77. The van der Waals surface area contributed by atoms with E-state index in [-0.39, 0.29) is 16.8 Å². The number of hydrogen-bond donors (Lipinski definition) is 1. The van der Waals surface area contributed by atoms with Crippen LogP contribution in [0, 0.1) is 9.52 Å². The van der Waals surface area contributed by atoms with Crippen LogP contribution in [-0.4, -0.2) is 10.2 Å². The van der Waals surface area contributed by atoms with E-state index in [1.807, 2.05) is 0 Å². The van der Waals surface area contributed by atoms with Crippen molar-refractivity contribution in [2.24, 2.45) is 0 Å². The first-order valence-corrected chi connectivity index (χ1v) is 5.86. The van der Waals surface area contributed by atoms with Crippen LogP contribution in [0.4, 0.5) is 13.2 Å². The normalized spacial score (nSPS) is 11.8.